The first-order valence-electron chi connectivity index (χ1n) is 9.30. The zero-order valence-corrected chi connectivity index (χ0v) is 15.2. The van der Waals surface area contributed by atoms with E-state index < -0.39 is 0 Å². The van der Waals surface area contributed by atoms with Gasteiger partial charge in [-0.3, -0.25) is 9.59 Å². The summed E-state index contributed by atoms with van der Waals surface area (Å²) in [7, 11) is 0. The molecule has 0 bridgehead atoms. The van der Waals surface area contributed by atoms with Crippen molar-refractivity contribution in [3.63, 3.8) is 0 Å². The lowest BCUT2D eigenvalue weighted by atomic mass is 9.97. The summed E-state index contributed by atoms with van der Waals surface area (Å²) < 4.78 is 12.9. The molecular weight excluding hydrogens is 345 g/mol. The second kappa shape index (κ2) is 8.91. The van der Waals surface area contributed by atoms with E-state index in [1.807, 2.05) is 29.2 Å². The number of carbonyl (C=O) groups is 2. The second-order valence-corrected chi connectivity index (χ2v) is 7.11. The van der Waals surface area contributed by atoms with Gasteiger partial charge in [0.2, 0.25) is 5.91 Å². The second-order valence-electron chi connectivity index (χ2n) is 7.11. The highest BCUT2D eigenvalue weighted by atomic mass is 19.1. The predicted octanol–water partition coefficient (Wildman–Crippen LogP) is 3.37. The van der Waals surface area contributed by atoms with Crippen LogP contribution in [0.1, 0.15) is 40.7 Å². The molecular formula is C22H24FNO3. The molecule has 0 radical (unpaired) electrons. The first kappa shape index (κ1) is 19.2. The lowest BCUT2D eigenvalue weighted by Crippen LogP contribution is -2.29. The van der Waals surface area contributed by atoms with Crippen LogP contribution in [-0.4, -0.2) is 34.8 Å². The van der Waals surface area contributed by atoms with E-state index in [2.05, 4.69) is 0 Å². The maximum atomic E-state index is 12.9. The van der Waals surface area contributed by atoms with Gasteiger partial charge in [0.15, 0.2) is 5.78 Å². The van der Waals surface area contributed by atoms with Crippen molar-refractivity contribution in [3.05, 3.63) is 71.0 Å². The number of amides is 1. The Labute approximate surface area is 158 Å². The molecule has 0 saturated carbocycles. The number of carbonyl (C=O) groups excluding carboxylic acids is 2. The maximum absolute atomic E-state index is 12.9. The van der Waals surface area contributed by atoms with Crippen LogP contribution in [0.5, 0.6) is 0 Å². The van der Waals surface area contributed by atoms with Gasteiger partial charge in [-0.05, 0) is 54.2 Å². The van der Waals surface area contributed by atoms with Gasteiger partial charge in [-0.2, -0.15) is 0 Å². The number of halogens is 1. The van der Waals surface area contributed by atoms with Crippen LogP contribution >= 0.6 is 0 Å². The zero-order chi connectivity index (χ0) is 19.2. The van der Waals surface area contributed by atoms with Crippen LogP contribution in [0.2, 0.25) is 0 Å². The number of Topliss-reactive ketones (excluding diaryl/α,β-unsaturated/α-hetero) is 1. The van der Waals surface area contributed by atoms with E-state index in [9.17, 15) is 19.1 Å². The molecule has 5 heteroatoms. The largest absolute Gasteiger partial charge is 0.392 e. The SMILES string of the molecule is O=C(CCC(=O)N1CCC(Cc2cccc(CO)c2)C1)c1ccc(F)cc1. The number of likely N-dealkylation sites (tertiary alicyclic amines) is 1. The molecule has 1 saturated heterocycles. The molecule has 0 spiro atoms. The molecule has 1 N–H and O–H groups in total. The molecule has 2 aromatic rings. The van der Waals surface area contributed by atoms with Crippen LogP contribution < -0.4 is 0 Å². The summed E-state index contributed by atoms with van der Waals surface area (Å²) in [5.74, 6) is -0.122. The van der Waals surface area contributed by atoms with Crippen molar-refractivity contribution in [3.8, 4) is 0 Å². The van der Waals surface area contributed by atoms with Gasteiger partial charge in [0.25, 0.3) is 0 Å². The van der Waals surface area contributed by atoms with Gasteiger partial charge in [0.1, 0.15) is 5.82 Å². The van der Waals surface area contributed by atoms with Crippen molar-refractivity contribution in [1.82, 2.24) is 4.90 Å². The van der Waals surface area contributed by atoms with Crippen molar-refractivity contribution < 1.29 is 19.1 Å². The Balaban J connectivity index is 1.47. The number of nitrogens with zero attached hydrogens (tertiary/aromatic N) is 1. The minimum atomic E-state index is -0.379. The van der Waals surface area contributed by atoms with Crippen LogP contribution in [-0.2, 0) is 17.8 Å². The molecule has 1 atom stereocenters. The van der Waals surface area contributed by atoms with E-state index in [1.54, 1.807) is 0 Å². The van der Waals surface area contributed by atoms with E-state index >= 15 is 0 Å². The maximum Gasteiger partial charge on any atom is 0.223 e. The van der Waals surface area contributed by atoms with Gasteiger partial charge < -0.3 is 10.0 Å². The highest BCUT2D eigenvalue weighted by molar-refractivity contribution is 5.97. The standard InChI is InChI=1S/C22H24FNO3/c23-20-6-4-19(5-7-20)21(26)8-9-22(27)24-11-10-17(14-24)12-16-2-1-3-18(13-16)15-25/h1-7,13,17,25H,8-12,14-15H2. The van der Waals surface area contributed by atoms with Gasteiger partial charge >= 0.3 is 0 Å². The fourth-order valence-electron chi connectivity index (χ4n) is 3.57. The summed E-state index contributed by atoms with van der Waals surface area (Å²) in [5.41, 5.74) is 2.51. The lowest BCUT2D eigenvalue weighted by molar-refractivity contribution is -0.130. The van der Waals surface area contributed by atoms with Crippen molar-refractivity contribution in [2.75, 3.05) is 13.1 Å². The number of hydrogen-bond donors (Lipinski definition) is 1. The summed E-state index contributed by atoms with van der Waals surface area (Å²) in [6.07, 6.45) is 2.15. The molecule has 0 aromatic heterocycles. The minimum Gasteiger partial charge on any atom is -0.392 e. The van der Waals surface area contributed by atoms with Crippen LogP contribution in [0.4, 0.5) is 4.39 Å². The average molecular weight is 369 g/mol. The van der Waals surface area contributed by atoms with Crippen LogP contribution in [0, 0.1) is 11.7 Å². The number of ketones is 1. The van der Waals surface area contributed by atoms with Crippen molar-refractivity contribution in [2.45, 2.75) is 32.3 Å². The van der Waals surface area contributed by atoms with Gasteiger partial charge in [0.05, 0.1) is 6.61 Å². The minimum absolute atomic E-state index is 0.00271. The monoisotopic (exact) mass is 369 g/mol. The van der Waals surface area contributed by atoms with Crippen LogP contribution in [0.25, 0.3) is 0 Å². The molecule has 1 amide bonds. The van der Waals surface area contributed by atoms with Crippen molar-refractivity contribution in [2.24, 2.45) is 5.92 Å². The summed E-state index contributed by atoms with van der Waals surface area (Å²) in [4.78, 5) is 26.4. The highest BCUT2D eigenvalue weighted by Crippen LogP contribution is 2.22. The Kier molecular flexibility index (Phi) is 6.35. The molecule has 1 aliphatic heterocycles. The fourth-order valence-corrected chi connectivity index (χ4v) is 3.57. The molecule has 2 aromatic carbocycles. The fraction of sp³-hybridized carbons (Fsp3) is 0.364. The molecule has 4 nitrogen and oxygen atoms in total. The zero-order valence-electron chi connectivity index (χ0n) is 15.2. The molecule has 142 valence electrons. The molecule has 1 aliphatic rings. The summed E-state index contributed by atoms with van der Waals surface area (Å²) in [6.45, 7) is 1.45. The molecule has 3 rings (SSSR count). The van der Waals surface area contributed by atoms with Gasteiger partial charge in [0, 0.05) is 31.5 Å². The van der Waals surface area contributed by atoms with Crippen LogP contribution in [0.3, 0.4) is 0 Å². The Morgan fingerprint density at radius 2 is 1.81 bits per heavy atom. The smallest absolute Gasteiger partial charge is 0.223 e. The van der Waals surface area contributed by atoms with E-state index in [0.717, 1.165) is 18.4 Å². The van der Waals surface area contributed by atoms with Gasteiger partial charge in [-0.1, -0.05) is 24.3 Å². The summed E-state index contributed by atoms with van der Waals surface area (Å²) in [5, 5.41) is 9.24. The number of hydrogen-bond acceptors (Lipinski definition) is 3. The third-order valence-corrected chi connectivity index (χ3v) is 5.07. The van der Waals surface area contributed by atoms with E-state index in [4.69, 9.17) is 0 Å². The third kappa shape index (κ3) is 5.23. The van der Waals surface area contributed by atoms with Crippen molar-refractivity contribution >= 4 is 11.7 Å². The third-order valence-electron chi connectivity index (χ3n) is 5.07. The number of aliphatic hydroxyl groups is 1. The summed E-state index contributed by atoms with van der Waals surface area (Å²) >= 11 is 0. The van der Waals surface area contributed by atoms with E-state index in [1.165, 1.54) is 29.8 Å². The first-order chi connectivity index (χ1) is 13.0. The topological polar surface area (TPSA) is 57.6 Å². The Morgan fingerprint density at radius 3 is 2.56 bits per heavy atom. The number of benzene rings is 2. The normalized spacial score (nSPS) is 16.5. The Hall–Kier alpha value is -2.53. The Bertz CT molecular complexity index is 803. The van der Waals surface area contributed by atoms with E-state index in [0.29, 0.717) is 24.6 Å². The predicted molar refractivity (Wildman–Crippen MR) is 101 cm³/mol. The number of aliphatic hydroxyl groups excluding tert-OH is 1. The quantitative estimate of drug-likeness (QED) is 0.762. The molecule has 1 fully saturated rings. The number of rotatable bonds is 7. The lowest BCUT2D eigenvalue weighted by Gasteiger charge is -2.16. The Morgan fingerprint density at radius 1 is 1.07 bits per heavy atom. The first-order valence-corrected chi connectivity index (χ1v) is 9.30. The average Bonchev–Trinajstić information content (AvgIpc) is 3.15. The van der Waals surface area contributed by atoms with Gasteiger partial charge in [-0.15, -0.1) is 0 Å². The van der Waals surface area contributed by atoms with Gasteiger partial charge in [-0.25, -0.2) is 4.39 Å². The molecule has 1 unspecified atom stereocenters. The molecule has 0 aliphatic carbocycles. The summed E-state index contributed by atoms with van der Waals surface area (Å²) in [6, 6.07) is 13.3. The molecule has 27 heavy (non-hydrogen) atoms. The van der Waals surface area contributed by atoms with Crippen molar-refractivity contribution in [1.29, 1.82) is 0 Å². The van der Waals surface area contributed by atoms with Crippen LogP contribution in [0.15, 0.2) is 48.5 Å². The highest BCUT2D eigenvalue weighted by Gasteiger charge is 2.26. The molecule has 1 heterocycles. The van der Waals surface area contributed by atoms with E-state index in [-0.39, 0.29) is 37.0 Å².